The summed E-state index contributed by atoms with van der Waals surface area (Å²) < 4.78 is 0. The first kappa shape index (κ1) is 16.0. The number of nitrogens with zero attached hydrogens (tertiary/aromatic N) is 3. The van der Waals surface area contributed by atoms with E-state index in [1.165, 1.54) is 0 Å². The van der Waals surface area contributed by atoms with E-state index in [1.807, 2.05) is 32.0 Å². The molecule has 1 aromatic rings. The number of carboxylic acids is 1. The minimum absolute atomic E-state index is 0.207. The second-order valence-electron chi connectivity index (χ2n) is 5.06. The lowest BCUT2D eigenvalue weighted by Crippen LogP contribution is -2.51. The molecule has 0 aliphatic carbocycles. The van der Waals surface area contributed by atoms with Crippen molar-refractivity contribution in [2.24, 2.45) is 11.0 Å². The fourth-order valence-corrected chi connectivity index (χ4v) is 2.28. The highest BCUT2D eigenvalue weighted by atomic mass is 16.4. The van der Waals surface area contributed by atoms with Crippen LogP contribution in [0.15, 0.2) is 35.4 Å². The van der Waals surface area contributed by atoms with Gasteiger partial charge in [0.2, 0.25) is 0 Å². The topological polar surface area (TPSA) is 98.1 Å². The van der Waals surface area contributed by atoms with Crippen LogP contribution < -0.4 is 5.32 Å². The van der Waals surface area contributed by atoms with E-state index in [9.17, 15) is 9.90 Å². The van der Waals surface area contributed by atoms with E-state index in [0.717, 1.165) is 0 Å². The van der Waals surface area contributed by atoms with Crippen molar-refractivity contribution in [3.05, 3.63) is 46.3 Å². The molecule has 0 aromatic heterocycles. The van der Waals surface area contributed by atoms with Crippen LogP contribution in [-0.4, -0.2) is 24.2 Å². The SMILES string of the molecule is CC(C)CC(NCCN=[N+]=[N-])(C(=O)O)c1ccccc1. The molecule has 0 saturated heterocycles. The smallest absolute Gasteiger partial charge is 0.328 e. The summed E-state index contributed by atoms with van der Waals surface area (Å²) >= 11 is 0. The molecule has 0 aliphatic heterocycles. The molecule has 108 valence electrons. The molecule has 0 spiro atoms. The summed E-state index contributed by atoms with van der Waals surface area (Å²) in [6, 6.07) is 9.10. The lowest BCUT2D eigenvalue weighted by Gasteiger charge is -2.32. The third-order valence-electron chi connectivity index (χ3n) is 3.05. The maximum absolute atomic E-state index is 11.9. The molecule has 0 radical (unpaired) electrons. The van der Waals surface area contributed by atoms with Gasteiger partial charge in [0, 0.05) is 18.0 Å². The molecule has 0 fully saturated rings. The molecular formula is C14H20N4O2. The normalized spacial score (nSPS) is 13.6. The van der Waals surface area contributed by atoms with Gasteiger partial charge in [-0.1, -0.05) is 49.3 Å². The maximum atomic E-state index is 11.9. The van der Waals surface area contributed by atoms with E-state index in [2.05, 4.69) is 15.3 Å². The standard InChI is InChI=1S/C14H20N4O2/c1-11(2)10-14(13(19)20,16-8-9-17-18-15)12-6-4-3-5-7-12/h3-7,11,16H,8-10H2,1-2H3,(H,19,20). The second kappa shape index (κ2) is 7.53. The summed E-state index contributed by atoms with van der Waals surface area (Å²) in [5, 5.41) is 16.2. The quantitative estimate of drug-likeness (QED) is 0.330. The first-order valence-corrected chi connectivity index (χ1v) is 6.57. The zero-order valence-corrected chi connectivity index (χ0v) is 11.8. The zero-order valence-electron chi connectivity index (χ0n) is 11.8. The Labute approximate surface area is 118 Å². The minimum atomic E-state index is -1.15. The van der Waals surface area contributed by atoms with Gasteiger partial charge < -0.3 is 5.11 Å². The van der Waals surface area contributed by atoms with Crippen LogP contribution >= 0.6 is 0 Å². The second-order valence-corrected chi connectivity index (χ2v) is 5.06. The summed E-state index contributed by atoms with van der Waals surface area (Å²) in [7, 11) is 0. The van der Waals surface area contributed by atoms with Crippen LogP contribution in [0.3, 0.4) is 0 Å². The van der Waals surface area contributed by atoms with Crippen molar-refractivity contribution in [3.8, 4) is 0 Å². The number of rotatable bonds is 8. The molecule has 0 heterocycles. The van der Waals surface area contributed by atoms with Gasteiger partial charge in [0.1, 0.15) is 5.54 Å². The number of hydrogen-bond acceptors (Lipinski definition) is 3. The molecular weight excluding hydrogens is 256 g/mol. The number of nitrogens with one attached hydrogen (secondary N) is 1. The van der Waals surface area contributed by atoms with Crippen LogP contribution in [0.2, 0.25) is 0 Å². The summed E-state index contributed by atoms with van der Waals surface area (Å²) in [5.74, 6) is -0.711. The van der Waals surface area contributed by atoms with Crippen LogP contribution in [0.25, 0.3) is 10.4 Å². The lowest BCUT2D eigenvalue weighted by molar-refractivity contribution is -0.146. The molecule has 2 N–H and O–H groups in total. The Morgan fingerprint density at radius 2 is 2.10 bits per heavy atom. The fraction of sp³-hybridized carbons (Fsp3) is 0.500. The maximum Gasteiger partial charge on any atom is 0.328 e. The van der Waals surface area contributed by atoms with Gasteiger partial charge in [0.25, 0.3) is 0 Å². The van der Waals surface area contributed by atoms with E-state index in [0.29, 0.717) is 18.5 Å². The van der Waals surface area contributed by atoms with Gasteiger partial charge in [-0.3, -0.25) is 5.32 Å². The summed E-state index contributed by atoms with van der Waals surface area (Å²) in [4.78, 5) is 14.5. The van der Waals surface area contributed by atoms with Crippen molar-refractivity contribution >= 4 is 5.97 Å². The Morgan fingerprint density at radius 3 is 2.60 bits per heavy atom. The summed E-state index contributed by atoms with van der Waals surface area (Å²) in [5.41, 5.74) is 7.84. The fourth-order valence-electron chi connectivity index (χ4n) is 2.28. The molecule has 0 aliphatic rings. The van der Waals surface area contributed by atoms with Crippen molar-refractivity contribution in [1.29, 1.82) is 0 Å². The van der Waals surface area contributed by atoms with Gasteiger partial charge in [-0.2, -0.15) is 0 Å². The number of aliphatic carboxylic acids is 1. The van der Waals surface area contributed by atoms with Crippen LogP contribution in [-0.2, 0) is 10.3 Å². The van der Waals surface area contributed by atoms with Crippen molar-refractivity contribution in [1.82, 2.24) is 5.32 Å². The molecule has 1 rings (SSSR count). The molecule has 0 saturated carbocycles. The van der Waals surface area contributed by atoms with Gasteiger partial charge in [0.05, 0.1) is 0 Å². The van der Waals surface area contributed by atoms with Crippen molar-refractivity contribution in [2.45, 2.75) is 25.8 Å². The average Bonchev–Trinajstić information content (AvgIpc) is 2.42. The van der Waals surface area contributed by atoms with Crippen molar-refractivity contribution in [2.75, 3.05) is 13.1 Å². The molecule has 1 aromatic carbocycles. The average molecular weight is 276 g/mol. The van der Waals surface area contributed by atoms with E-state index in [-0.39, 0.29) is 12.5 Å². The van der Waals surface area contributed by atoms with Crippen LogP contribution in [0, 0.1) is 5.92 Å². The number of carboxylic acid groups (broad SMARTS) is 1. The summed E-state index contributed by atoms with van der Waals surface area (Å²) in [6.07, 6.45) is 0.461. The molecule has 6 heteroatoms. The van der Waals surface area contributed by atoms with Gasteiger partial charge in [-0.25, -0.2) is 4.79 Å². The molecule has 1 atom stereocenters. The van der Waals surface area contributed by atoms with Crippen LogP contribution in [0.4, 0.5) is 0 Å². The Balaban J connectivity index is 3.07. The molecule has 6 nitrogen and oxygen atoms in total. The third-order valence-corrected chi connectivity index (χ3v) is 3.05. The van der Waals surface area contributed by atoms with Gasteiger partial charge in [-0.15, -0.1) is 0 Å². The predicted molar refractivity (Wildman–Crippen MR) is 77.2 cm³/mol. The Hall–Kier alpha value is -2.04. The zero-order chi connectivity index (χ0) is 15.0. The van der Waals surface area contributed by atoms with Gasteiger partial charge >= 0.3 is 5.97 Å². The first-order valence-electron chi connectivity index (χ1n) is 6.57. The van der Waals surface area contributed by atoms with Gasteiger partial charge in [0.15, 0.2) is 0 Å². The molecule has 0 bridgehead atoms. The highest BCUT2D eigenvalue weighted by molar-refractivity contribution is 5.80. The highest BCUT2D eigenvalue weighted by Crippen LogP contribution is 2.29. The number of benzene rings is 1. The Bertz CT molecular complexity index is 483. The minimum Gasteiger partial charge on any atom is -0.480 e. The van der Waals surface area contributed by atoms with Crippen LogP contribution in [0.1, 0.15) is 25.8 Å². The number of azide groups is 1. The highest BCUT2D eigenvalue weighted by Gasteiger charge is 2.40. The number of carbonyl (C=O) groups is 1. The van der Waals surface area contributed by atoms with Crippen molar-refractivity contribution < 1.29 is 9.90 Å². The molecule has 20 heavy (non-hydrogen) atoms. The first-order chi connectivity index (χ1) is 9.53. The molecule has 0 amide bonds. The predicted octanol–water partition coefficient (Wildman–Crippen LogP) is 2.91. The lowest BCUT2D eigenvalue weighted by atomic mass is 9.82. The monoisotopic (exact) mass is 276 g/mol. The molecule has 1 unspecified atom stereocenters. The van der Waals surface area contributed by atoms with E-state index in [4.69, 9.17) is 5.53 Å². The van der Waals surface area contributed by atoms with Crippen LogP contribution in [0.5, 0.6) is 0 Å². The largest absolute Gasteiger partial charge is 0.480 e. The summed E-state index contributed by atoms with van der Waals surface area (Å²) in [6.45, 7) is 4.50. The van der Waals surface area contributed by atoms with E-state index < -0.39 is 11.5 Å². The Morgan fingerprint density at radius 1 is 1.45 bits per heavy atom. The Kier molecular flexibility index (Phi) is 6.03. The van der Waals surface area contributed by atoms with Gasteiger partial charge in [-0.05, 0) is 23.4 Å². The third kappa shape index (κ3) is 3.98. The number of hydrogen-bond donors (Lipinski definition) is 2. The van der Waals surface area contributed by atoms with Crippen molar-refractivity contribution in [3.63, 3.8) is 0 Å². The van der Waals surface area contributed by atoms with E-state index >= 15 is 0 Å². The van der Waals surface area contributed by atoms with E-state index in [1.54, 1.807) is 12.1 Å².